The minimum absolute atomic E-state index is 0.0130. The molecule has 0 aromatic heterocycles. The van der Waals surface area contributed by atoms with Crippen LogP contribution in [-0.2, 0) is 9.59 Å². The van der Waals surface area contributed by atoms with Crippen LogP contribution >= 0.6 is 0 Å². The fourth-order valence-electron chi connectivity index (χ4n) is 2.01. The highest BCUT2D eigenvalue weighted by Gasteiger charge is 2.34. The van der Waals surface area contributed by atoms with Gasteiger partial charge in [0.1, 0.15) is 6.04 Å². The quantitative estimate of drug-likeness (QED) is 0.587. The number of aliphatic carboxylic acids is 1. The molecule has 0 aromatic carbocycles. The number of nitrogens with two attached hydrogens (primary N) is 1. The van der Waals surface area contributed by atoms with Gasteiger partial charge in [0, 0.05) is 19.0 Å². The fraction of sp³-hybridized carbons (Fsp3) is 0.786. The standard InChI is InChI=1S/C14H25N3O4/c1-9(2)7-8-17(10-3-4-10)14(21)16-11(13(19)20)5-6-12(15)18/h9-11H,3-8H2,1-2H3,(H2,15,18)(H,16,21)(H,19,20)/t11-/m1/s1. The second-order valence-corrected chi connectivity index (χ2v) is 5.95. The van der Waals surface area contributed by atoms with Crippen molar-refractivity contribution in [2.75, 3.05) is 6.54 Å². The first-order valence-electron chi connectivity index (χ1n) is 7.39. The molecule has 3 amide bonds. The second kappa shape index (κ2) is 7.85. The Morgan fingerprint density at radius 1 is 1.29 bits per heavy atom. The van der Waals surface area contributed by atoms with Crippen LogP contribution in [0.4, 0.5) is 4.79 Å². The summed E-state index contributed by atoms with van der Waals surface area (Å²) < 4.78 is 0. The zero-order chi connectivity index (χ0) is 16.0. The highest BCUT2D eigenvalue weighted by atomic mass is 16.4. The highest BCUT2D eigenvalue weighted by molar-refractivity contribution is 5.83. The molecule has 4 N–H and O–H groups in total. The summed E-state index contributed by atoms with van der Waals surface area (Å²) in [6.45, 7) is 4.78. The van der Waals surface area contributed by atoms with E-state index >= 15 is 0 Å². The SMILES string of the molecule is CC(C)CCN(C(=O)N[C@H](CCC(N)=O)C(=O)O)C1CC1. The van der Waals surface area contributed by atoms with E-state index < -0.39 is 17.9 Å². The minimum Gasteiger partial charge on any atom is -0.480 e. The number of carbonyl (C=O) groups is 3. The van der Waals surface area contributed by atoms with Crippen LogP contribution in [0.5, 0.6) is 0 Å². The van der Waals surface area contributed by atoms with Gasteiger partial charge in [-0.25, -0.2) is 9.59 Å². The van der Waals surface area contributed by atoms with Crippen molar-refractivity contribution >= 4 is 17.9 Å². The molecule has 1 atom stereocenters. The topological polar surface area (TPSA) is 113 Å². The van der Waals surface area contributed by atoms with E-state index in [1.807, 2.05) is 0 Å². The molecule has 7 nitrogen and oxygen atoms in total. The van der Waals surface area contributed by atoms with E-state index in [1.54, 1.807) is 4.90 Å². The first kappa shape index (κ1) is 17.3. The van der Waals surface area contributed by atoms with Crippen molar-refractivity contribution in [2.45, 2.75) is 58.0 Å². The van der Waals surface area contributed by atoms with E-state index in [9.17, 15) is 14.4 Å². The molecule has 1 fully saturated rings. The Hall–Kier alpha value is -1.79. The molecule has 1 saturated carbocycles. The third-order valence-corrected chi connectivity index (χ3v) is 3.47. The molecule has 1 aliphatic rings. The Labute approximate surface area is 124 Å². The van der Waals surface area contributed by atoms with Crippen molar-refractivity contribution in [3.63, 3.8) is 0 Å². The lowest BCUT2D eigenvalue weighted by molar-refractivity contribution is -0.139. The first-order valence-corrected chi connectivity index (χ1v) is 7.39. The van der Waals surface area contributed by atoms with Gasteiger partial charge in [0.25, 0.3) is 0 Å². The summed E-state index contributed by atoms with van der Waals surface area (Å²) in [6, 6.07) is -1.23. The number of nitrogens with one attached hydrogen (secondary N) is 1. The van der Waals surface area contributed by atoms with Crippen LogP contribution in [0.15, 0.2) is 0 Å². The lowest BCUT2D eigenvalue weighted by atomic mass is 10.1. The van der Waals surface area contributed by atoms with Gasteiger partial charge in [0.05, 0.1) is 0 Å². The van der Waals surface area contributed by atoms with E-state index in [4.69, 9.17) is 10.8 Å². The van der Waals surface area contributed by atoms with E-state index in [1.165, 1.54) is 0 Å². The maximum absolute atomic E-state index is 12.2. The summed E-state index contributed by atoms with van der Waals surface area (Å²) in [7, 11) is 0. The van der Waals surface area contributed by atoms with Gasteiger partial charge in [-0.3, -0.25) is 4.79 Å². The van der Waals surface area contributed by atoms with Gasteiger partial charge in [-0.1, -0.05) is 13.8 Å². The Kier molecular flexibility index (Phi) is 6.45. The van der Waals surface area contributed by atoms with E-state index in [2.05, 4.69) is 19.2 Å². The second-order valence-electron chi connectivity index (χ2n) is 5.95. The molecule has 120 valence electrons. The maximum atomic E-state index is 12.2. The number of nitrogens with zero attached hydrogens (tertiary/aromatic N) is 1. The van der Waals surface area contributed by atoms with Crippen LogP contribution in [0.1, 0.15) is 46.0 Å². The third-order valence-electron chi connectivity index (χ3n) is 3.47. The Balaban J connectivity index is 2.56. The maximum Gasteiger partial charge on any atom is 0.326 e. The van der Waals surface area contributed by atoms with Gasteiger partial charge < -0.3 is 21.1 Å². The lowest BCUT2D eigenvalue weighted by Crippen LogP contribution is -2.49. The molecule has 0 aromatic rings. The molecular weight excluding hydrogens is 274 g/mol. The van der Waals surface area contributed by atoms with Gasteiger partial charge in [-0.05, 0) is 31.6 Å². The molecular formula is C14H25N3O4. The summed E-state index contributed by atoms with van der Waals surface area (Å²) >= 11 is 0. The van der Waals surface area contributed by atoms with Gasteiger partial charge in [0.15, 0.2) is 0 Å². The van der Waals surface area contributed by atoms with Crippen LogP contribution in [0.25, 0.3) is 0 Å². The summed E-state index contributed by atoms with van der Waals surface area (Å²) in [5.41, 5.74) is 5.02. The molecule has 21 heavy (non-hydrogen) atoms. The number of hydrogen-bond acceptors (Lipinski definition) is 3. The largest absolute Gasteiger partial charge is 0.480 e. The van der Waals surface area contributed by atoms with Gasteiger partial charge in [0.2, 0.25) is 5.91 Å². The molecule has 0 radical (unpaired) electrons. The molecule has 0 spiro atoms. The Morgan fingerprint density at radius 2 is 1.90 bits per heavy atom. The third kappa shape index (κ3) is 6.46. The number of hydrogen-bond donors (Lipinski definition) is 3. The average Bonchev–Trinajstić information content (AvgIpc) is 3.18. The van der Waals surface area contributed by atoms with Crippen LogP contribution in [0.2, 0.25) is 0 Å². The van der Waals surface area contributed by atoms with Gasteiger partial charge in [-0.15, -0.1) is 0 Å². The average molecular weight is 299 g/mol. The summed E-state index contributed by atoms with van der Waals surface area (Å²) in [6.07, 6.45) is 2.75. The van der Waals surface area contributed by atoms with Crippen molar-refractivity contribution in [1.29, 1.82) is 0 Å². The number of primary amides is 1. The molecule has 1 rings (SSSR count). The molecule has 0 aliphatic heterocycles. The predicted molar refractivity (Wildman–Crippen MR) is 77.6 cm³/mol. The number of rotatable bonds is 9. The van der Waals surface area contributed by atoms with Crippen LogP contribution in [-0.4, -0.2) is 46.5 Å². The fourth-order valence-corrected chi connectivity index (χ4v) is 2.01. The summed E-state index contributed by atoms with van der Waals surface area (Å²) in [5, 5.41) is 11.6. The molecule has 0 unspecified atom stereocenters. The van der Waals surface area contributed by atoms with Crippen LogP contribution in [0.3, 0.4) is 0 Å². The molecule has 0 bridgehead atoms. The van der Waals surface area contributed by atoms with Crippen molar-refractivity contribution < 1.29 is 19.5 Å². The molecule has 0 heterocycles. The van der Waals surface area contributed by atoms with Crippen molar-refractivity contribution in [3.8, 4) is 0 Å². The zero-order valence-electron chi connectivity index (χ0n) is 12.7. The number of urea groups is 1. The number of carbonyl (C=O) groups excluding carboxylic acids is 2. The summed E-state index contributed by atoms with van der Waals surface area (Å²) in [5.74, 6) is -1.25. The highest BCUT2D eigenvalue weighted by Crippen LogP contribution is 2.27. The van der Waals surface area contributed by atoms with Crippen LogP contribution in [0, 0.1) is 5.92 Å². The van der Waals surface area contributed by atoms with Crippen LogP contribution < -0.4 is 11.1 Å². The van der Waals surface area contributed by atoms with E-state index in [-0.39, 0.29) is 24.9 Å². The van der Waals surface area contributed by atoms with Gasteiger partial charge >= 0.3 is 12.0 Å². The zero-order valence-corrected chi connectivity index (χ0v) is 12.7. The van der Waals surface area contributed by atoms with Gasteiger partial charge in [-0.2, -0.15) is 0 Å². The van der Waals surface area contributed by atoms with E-state index in [0.717, 1.165) is 19.3 Å². The smallest absolute Gasteiger partial charge is 0.326 e. The minimum atomic E-state index is -1.15. The molecule has 7 heteroatoms. The first-order chi connectivity index (χ1) is 9.81. The van der Waals surface area contributed by atoms with Crippen molar-refractivity contribution in [3.05, 3.63) is 0 Å². The number of carboxylic acid groups (broad SMARTS) is 1. The Bertz CT molecular complexity index is 394. The number of carboxylic acids is 1. The molecule has 0 saturated heterocycles. The van der Waals surface area contributed by atoms with Crippen molar-refractivity contribution in [1.82, 2.24) is 10.2 Å². The lowest BCUT2D eigenvalue weighted by Gasteiger charge is -2.25. The monoisotopic (exact) mass is 299 g/mol. The van der Waals surface area contributed by atoms with E-state index in [0.29, 0.717) is 12.5 Å². The predicted octanol–water partition coefficient (Wildman–Crippen LogP) is 0.925. The normalized spacial score (nSPS) is 15.6. The molecule has 1 aliphatic carbocycles. The number of amides is 3. The Morgan fingerprint density at radius 3 is 2.33 bits per heavy atom. The summed E-state index contributed by atoms with van der Waals surface area (Å²) in [4.78, 5) is 35.8. The van der Waals surface area contributed by atoms with Crippen molar-refractivity contribution in [2.24, 2.45) is 11.7 Å².